The molecule has 0 aromatic heterocycles. The van der Waals surface area contributed by atoms with Gasteiger partial charge in [0.25, 0.3) is 0 Å². The molecule has 4 heterocycles. The third kappa shape index (κ3) is 29.5. The van der Waals surface area contributed by atoms with Gasteiger partial charge in [0.1, 0.15) is 46.0 Å². The van der Waals surface area contributed by atoms with E-state index >= 15 is 0 Å². The Morgan fingerprint density at radius 1 is 0.257 bits per heavy atom. The summed E-state index contributed by atoms with van der Waals surface area (Å²) in [6, 6.07) is 33.7. The van der Waals surface area contributed by atoms with Crippen molar-refractivity contribution >= 4 is 47.9 Å². The van der Waals surface area contributed by atoms with E-state index in [1.54, 1.807) is 0 Å². The molecule has 733 valence electrons. The Kier molecular flexibility index (Phi) is 37.4. The van der Waals surface area contributed by atoms with Crippen molar-refractivity contribution in [2.24, 2.45) is 0 Å². The maximum Gasteiger partial charge on any atom is 1.00 e. The fourth-order valence-electron chi connectivity index (χ4n) is 16.9. The standard InChI is InChI=1S/3C29H43O4P.C24H33O4P.Al.Li.2Na.H2O.H/c3*1-26(2,3)20-14-18-13-19-15-21(27(4,5)6)17-23(29(10,11)12)25(19)33-34(30,31)32-24(18)22(16-20)28(7,8)9;1-14-10-17-16(3)18-11-15(2)13-20(24(7,8)9)22(18)28-29(25,26)27-21(17)19(12-14)23(4,5)6;;;;;;/h3*14-17H,13H2,1-12H3,(H,30,31);10-13,16H,1-9H3,(H,25,26);;;;;1H2;/q;;;;4*+1;;/p-4. The predicted octanol–water partition coefficient (Wildman–Crippen LogP) is 20.1. The van der Waals surface area contributed by atoms with Crippen LogP contribution >= 0.6 is 31.3 Å². The minimum absolute atomic E-state index is 0. The summed E-state index contributed by atoms with van der Waals surface area (Å²) in [4.78, 5) is 39.5. The predicted molar refractivity (Wildman–Crippen MR) is 546 cm³/mol. The van der Waals surface area contributed by atoms with Crippen molar-refractivity contribution in [3.63, 3.8) is 0 Å². The summed E-state index contributed by atoms with van der Waals surface area (Å²) < 4.78 is 106. The van der Waals surface area contributed by atoms with Crippen LogP contribution in [0.1, 0.15) is 437 Å². The number of rotatable bonds is 1. The zero-order valence-electron chi connectivity index (χ0n) is 92.5. The van der Waals surface area contributed by atoms with Crippen LogP contribution < -0.4 is 129 Å². The smallest absolute Gasteiger partial charge is 0.736 e. The Bertz CT molecular complexity index is 5430. The quantitative estimate of drug-likeness (QED) is 0.109. The number of fused-ring (bicyclic) bond motifs is 8. The molecule has 0 saturated carbocycles. The van der Waals surface area contributed by atoms with E-state index in [9.17, 15) is 32.9 Å². The van der Waals surface area contributed by atoms with E-state index in [0.29, 0.717) is 65.3 Å². The number of phosphoric ester groups is 4. The second-order valence-corrected chi connectivity index (χ2v) is 58.0. The van der Waals surface area contributed by atoms with Gasteiger partial charge in [-0.25, -0.2) is 18.3 Å². The Balaban J connectivity index is 0.000000318. The Hall–Kier alpha value is -3.99. The third-order valence-corrected chi connectivity index (χ3v) is 29.6. The molecule has 17 nitrogen and oxygen atoms in total. The van der Waals surface area contributed by atoms with Gasteiger partial charge in [-0.2, -0.15) is 0 Å². The summed E-state index contributed by atoms with van der Waals surface area (Å²) in [6.07, 6.45) is 1.69. The second-order valence-electron chi connectivity index (χ2n) is 51.9. The van der Waals surface area contributed by atoms with Gasteiger partial charge in [0, 0.05) is 80.8 Å². The van der Waals surface area contributed by atoms with Crippen molar-refractivity contribution in [2.45, 2.75) is 413 Å². The van der Waals surface area contributed by atoms with Gasteiger partial charge in [0.2, 0.25) is 0 Å². The largest absolute Gasteiger partial charge is 1.00 e. The molecule has 8 aromatic rings. The molecular weight excluding hydrogens is 1810 g/mol. The van der Waals surface area contributed by atoms with Crippen molar-refractivity contribution in [1.29, 1.82) is 0 Å². The normalized spacial score (nSPS) is 17.1. The molecule has 136 heavy (non-hydrogen) atoms. The average molecular weight is 1970 g/mol. The van der Waals surface area contributed by atoms with Crippen molar-refractivity contribution < 1.29 is 156 Å². The van der Waals surface area contributed by atoms with Gasteiger partial charge in [-0.15, -0.1) is 0 Å². The molecule has 8 aromatic carbocycles. The SMILES string of the molecule is CC(C)(C)c1cc2c(c(C(C)(C)C)c1)OP(=O)([O-])Oc1c(cc(C(C)(C)C)cc1C(C)(C)C)C2.CC(C)(C)c1cc2c(c(C(C)(C)C)c1)OP(=O)([O-])Oc1c(cc(C(C)(C)C)cc1C(C)(C)C)C2.CC(C)(C)c1cc2c(c(C(C)(C)C)c1)OP(=O)([O][AlH])Oc1c(cc(C(C)(C)C)cc1C(C)(C)C)C2.Cc1cc2c(c(C(C)(C)C)c1)OP(=O)([O-])Oc1c(cc(C)cc1C(C)(C)C)C2C.O.[Li+].[Na+].[Na+]. The first-order chi connectivity index (χ1) is 58.9. The van der Waals surface area contributed by atoms with Crippen LogP contribution in [-0.4, -0.2) is 22.1 Å². The van der Waals surface area contributed by atoms with E-state index in [1.165, 1.54) is 11.1 Å². The number of aryl methyl sites for hydroxylation is 2. The molecule has 0 atom stereocenters. The van der Waals surface area contributed by atoms with Crippen LogP contribution in [0.5, 0.6) is 46.0 Å². The zero-order valence-corrected chi connectivity index (χ0v) is 101. The molecule has 25 heteroatoms. The van der Waals surface area contributed by atoms with Gasteiger partial charge in [-0.3, -0.25) is 0 Å². The molecule has 0 aliphatic carbocycles. The minimum atomic E-state index is -4.68. The van der Waals surface area contributed by atoms with Crippen LogP contribution in [0.15, 0.2) is 97.1 Å². The van der Waals surface area contributed by atoms with Crippen LogP contribution in [0.2, 0.25) is 0 Å². The maximum absolute atomic E-state index is 14.0. The monoisotopic (exact) mass is 1970 g/mol. The van der Waals surface area contributed by atoms with Gasteiger partial charge in [0.15, 0.2) is 0 Å². The fraction of sp³-hybridized carbons (Fsp3) is 0.568. The summed E-state index contributed by atoms with van der Waals surface area (Å²) in [7, 11) is -17.9. The van der Waals surface area contributed by atoms with Crippen LogP contribution in [0.3, 0.4) is 0 Å². The van der Waals surface area contributed by atoms with Crippen LogP contribution in [-0.2, 0) is 117 Å². The molecule has 12 rings (SSSR count). The van der Waals surface area contributed by atoms with Crippen LogP contribution in [0.25, 0.3) is 0 Å². The molecule has 0 unspecified atom stereocenters. The third-order valence-electron chi connectivity index (χ3n) is 25.0. The van der Waals surface area contributed by atoms with E-state index in [4.69, 9.17) is 39.8 Å². The van der Waals surface area contributed by atoms with E-state index in [2.05, 4.69) is 371 Å². The second kappa shape index (κ2) is 41.5. The van der Waals surface area contributed by atoms with Gasteiger partial charge >= 0.3 is 126 Å². The van der Waals surface area contributed by atoms with Crippen LogP contribution in [0, 0.1) is 13.8 Å². The average Bonchev–Trinajstić information content (AvgIpc) is 0.753. The topological polar surface area (TPSA) is 252 Å². The van der Waals surface area contributed by atoms with Gasteiger partial charge in [-0.1, -0.05) is 406 Å². The van der Waals surface area contributed by atoms with Gasteiger partial charge in [-0.05, 0) is 156 Å². The number of phosphoric acid groups is 4. The summed E-state index contributed by atoms with van der Waals surface area (Å²) in [5.41, 5.74) is 21.1. The maximum atomic E-state index is 14.0. The molecule has 2 N–H and O–H groups in total. The summed E-state index contributed by atoms with van der Waals surface area (Å²) in [5.74, 6) is 3.57. The first-order valence-electron chi connectivity index (χ1n) is 46.9. The Morgan fingerprint density at radius 3 is 0.551 bits per heavy atom. The molecule has 1 radical (unpaired) electrons. The number of benzene rings is 8. The zero-order chi connectivity index (χ0) is 101. The molecule has 0 saturated heterocycles. The summed E-state index contributed by atoms with van der Waals surface area (Å²) in [6.45, 7) is 95.8. The molecule has 0 spiro atoms. The van der Waals surface area contributed by atoms with E-state index < -0.39 is 31.3 Å². The molecule has 0 amide bonds. The molecule has 4 aliphatic rings. The van der Waals surface area contributed by atoms with E-state index in [-0.39, 0.29) is 165 Å². The van der Waals surface area contributed by atoms with Gasteiger partial charge < -0.3 is 59.9 Å². The Morgan fingerprint density at radius 2 is 0.404 bits per heavy atom. The molecular formula is C111H161AlLiNa2O17P4. The minimum Gasteiger partial charge on any atom is -0.736 e. The number of hydrogen-bond donors (Lipinski definition) is 0. The molecule has 0 bridgehead atoms. The van der Waals surface area contributed by atoms with Crippen molar-refractivity contribution in [1.82, 2.24) is 0 Å². The summed E-state index contributed by atoms with van der Waals surface area (Å²) >= 11 is 1.16. The Labute approximate surface area is 885 Å². The van der Waals surface area contributed by atoms with Crippen molar-refractivity contribution in [2.75, 3.05) is 0 Å². The van der Waals surface area contributed by atoms with Crippen molar-refractivity contribution in [3.8, 4) is 46.0 Å². The van der Waals surface area contributed by atoms with Crippen LogP contribution in [0.4, 0.5) is 0 Å². The molecule has 0 fully saturated rings. The van der Waals surface area contributed by atoms with E-state index in [1.807, 2.05) is 38.1 Å². The van der Waals surface area contributed by atoms with E-state index in [0.717, 1.165) is 139 Å². The van der Waals surface area contributed by atoms with Crippen molar-refractivity contribution in [3.05, 3.63) is 231 Å². The molecule has 4 aliphatic heterocycles. The summed E-state index contributed by atoms with van der Waals surface area (Å²) in [5, 5.41) is 0. The number of hydrogen-bond acceptors (Lipinski definition) is 16. The fourth-order valence-corrected chi connectivity index (χ4v) is 20.9. The first kappa shape index (κ1) is 122. The van der Waals surface area contributed by atoms with Gasteiger partial charge in [0.05, 0.1) is 0 Å². The first-order valence-corrected chi connectivity index (χ1v) is 53.3.